The number of aliphatic hydroxyl groups excluding tert-OH is 1. The van der Waals surface area contributed by atoms with Crippen molar-refractivity contribution < 1.29 is 15.0 Å². The molecule has 0 atom stereocenters. The van der Waals surface area contributed by atoms with Gasteiger partial charge >= 0.3 is 5.97 Å². The van der Waals surface area contributed by atoms with Crippen LogP contribution < -0.4 is 5.56 Å². The highest BCUT2D eigenvalue weighted by atomic mass is 16.4. The van der Waals surface area contributed by atoms with Crippen LogP contribution in [0.25, 0.3) is 10.9 Å². The highest BCUT2D eigenvalue weighted by molar-refractivity contribution is 5.94. The van der Waals surface area contributed by atoms with Crippen molar-refractivity contribution in [2.75, 3.05) is 6.61 Å². The molecule has 5 nitrogen and oxygen atoms in total. The van der Waals surface area contributed by atoms with Crippen molar-refractivity contribution >= 4 is 16.9 Å². The Morgan fingerprint density at radius 2 is 2.06 bits per heavy atom. The van der Waals surface area contributed by atoms with E-state index in [9.17, 15) is 9.59 Å². The van der Waals surface area contributed by atoms with Crippen molar-refractivity contribution in [1.29, 1.82) is 0 Å². The lowest BCUT2D eigenvalue weighted by Gasteiger charge is -2.11. The SMILES string of the molecule is Cc1cc(C(=O)O)cc2ccc(=O)n(CCO)c12. The highest BCUT2D eigenvalue weighted by Crippen LogP contribution is 2.19. The quantitative estimate of drug-likeness (QED) is 0.848. The molecule has 2 aromatic rings. The van der Waals surface area contributed by atoms with Crippen LogP contribution in [0.3, 0.4) is 0 Å². The second-order valence-electron chi connectivity index (χ2n) is 4.08. The second-order valence-corrected chi connectivity index (χ2v) is 4.08. The fourth-order valence-corrected chi connectivity index (χ4v) is 2.11. The Morgan fingerprint density at radius 3 is 2.67 bits per heavy atom. The molecule has 0 aliphatic heterocycles. The zero-order valence-corrected chi connectivity index (χ0v) is 9.88. The van der Waals surface area contributed by atoms with E-state index in [1.54, 1.807) is 13.0 Å². The molecular formula is C13H13NO4. The molecule has 1 heterocycles. The number of aryl methyl sites for hydroxylation is 1. The van der Waals surface area contributed by atoms with Crippen LogP contribution in [0.1, 0.15) is 15.9 Å². The fourth-order valence-electron chi connectivity index (χ4n) is 2.11. The minimum absolute atomic E-state index is 0.140. The maximum Gasteiger partial charge on any atom is 0.335 e. The van der Waals surface area contributed by atoms with Crippen LogP contribution in [0.15, 0.2) is 29.1 Å². The van der Waals surface area contributed by atoms with Gasteiger partial charge in [0, 0.05) is 12.6 Å². The van der Waals surface area contributed by atoms with E-state index in [1.165, 1.54) is 22.8 Å². The third-order valence-corrected chi connectivity index (χ3v) is 2.84. The van der Waals surface area contributed by atoms with Crippen molar-refractivity contribution in [1.82, 2.24) is 4.57 Å². The molecule has 2 rings (SSSR count). The molecule has 0 saturated heterocycles. The molecule has 2 N–H and O–H groups in total. The van der Waals surface area contributed by atoms with Crippen molar-refractivity contribution in [2.24, 2.45) is 0 Å². The standard InChI is InChI=1S/C13H13NO4/c1-8-6-10(13(17)18)7-9-2-3-11(16)14(4-5-15)12(8)9/h2-3,6-7,15H,4-5H2,1H3,(H,17,18). The van der Waals surface area contributed by atoms with Gasteiger partial charge in [-0.2, -0.15) is 0 Å². The van der Waals surface area contributed by atoms with Gasteiger partial charge in [-0.25, -0.2) is 4.79 Å². The van der Waals surface area contributed by atoms with Gasteiger partial charge in [0.25, 0.3) is 5.56 Å². The Morgan fingerprint density at radius 1 is 1.33 bits per heavy atom. The molecule has 0 spiro atoms. The summed E-state index contributed by atoms with van der Waals surface area (Å²) in [5.41, 5.74) is 1.36. The maximum absolute atomic E-state index is 11.7. The van der Waals surface area contributed by atoms with Crippen LogP contribution in [-0.4, -0.2) is 27.4 Å². The van der Waals surface area contributed by atoms with E-state index >= 15 is 0 Å². The number of aromatic nitrogens is 1. The van der Waals surface area contributed by atoms with E-state index in [4.69, 9.17) is 10.2 Å². The number of carboxylic acids is 1. The molecule has 0 aliphatic carbocycles. The number of carboxylic acid groups (broad SMARTS) is 1. The average molecular weight is 247 g/mol. The first kappa shape index (κ1) is 12.3. The predicted molar refractivity (Wildman–Crippen MR) is 67.0 cm³/mol. The Balaban J connectivity index is 2.82. The third-order valence-electron chi connectivity index (χ3n) is 2.84. The fraction of sp³-hybridized carbons (Fsp3) is 0.231. The zero-order chi connectivity index (χ0) is 13.3. The summed E-state index contributed by atoms with van der Waals surface area (Å²) in [6, 6.07) is 6.03. The van der Waals surface area contributed by atoms with Crippen molar-refractivity contribution in [2.45, 2.75) is 13.5 Å². The maximum atomic E-state index is 11.7. The minimum atomic E-state index is -1.00. The molecule has 5 heteroatoms. The van der Waals surface area contributed by atoms with Gasteiger partial charge in [0.1, 0.15) is 0 Å². The van der Waals surface area contributed by atoms with E-state index < -0.39 is 5.97 Å². The van der Waals surface area contributed by atoms with Gasteiger partial charge in [0.15, 0.2) is 0 Å². The van der Waals surface area contributed by atoms with Crippen LogP contribution in [0.4, 0.5) is 0 Å². The number of nitrogens with zero attached hydrogens (tertiary/aromatic N) is 1. The Bertz CT molecular complexity index is 672. The van der Waals surface area contributed by atoms with Gasteiger partial charge in [-0.05, 0) is 36.1 Å². The summed E-state index contributed by atoms with van der Waals surface area (Å²) in [5, 5.41) is 18.7. The summed E-state index contributed by atoms with van der Waals surface area (Å²) in [6.07, 6.45) is 0. The number of carbonyl (C=O) groups is 1. The van der Waals surface area contributed by atoms with E-state index in [-0.39, 0.29) is 24.3 Å². The molecule has 94 valence electrons. The first-order valence-electron chi connectivity index (χ1n) is 5.53. The number of aliphatic hydroxyl groups is 1. The number of fused-ring (bicyclic) bond motifs is 1. The Kier molecular flexibility index (Phi) is 3.16. The van der Waals surface area contributed by atoms with Crippen LogP contribution in [0.5, 0.6) is 0 Å². The molecule has 0 aliphatic rings. The van der Waals surface area contributed by atoms with Crippen molar-refractivity contribution in [3.05, 3.63) is 45.7 Å². The summed E-state index contributed by atoms with van der Waals surface area (Å²) in [5.74, 6) is -1.00. The molecule has 0 unspecified atom stereocenters. The largest absolute Gasteiger partial charge is 0.478 e. The molecule has 0 fully saturated rings. The molecule has 0 amide bonds. The lowest BCUT2D eigenvalue weighted by molar-refractivity contribution is 0.0697. The summed E-state index contributed by atoms with van der Waals surface area (Å²) >= 11 is 0. The molecule has 0 bridgehead atoms. The second kappa shape index (κ2) is 4.62. The molecule has 18 heavy (non-hydrogen) atoms. The van der Waals surface area contributed by atoms with Gasteiger partial charge in [-0.15, -0.1) is 0 Å². The van der Waals surface area contributed by atoms with Crippen LogP contribution in [0, 0.1) is 6.92 Å². The minimum Gasteiger partial charge on any atom is -0.478 e. The Hall–Kier alpha value is -2.14. The number of benzene rings is 1. The molecule has 1 aromatic carbocycles. The summed E-state index contributed by atoms with van der Waals surface area (Å²) in [7, 11) is 0. The first-order chi connectivity index (χ1) is 8.54. The lowest BCUT2D eigenvalue weighted by atomic mass is 10.1. The number of aromatic carboxylic acids is 1. The number of hydrogen-bond acceptors (Lipinski definition) is 3. The van der Waals surface area contributed by atoms with Crippen LogP contribution >= 0.6 is 0 Å². The summed E-state index contributed by atoms with van der Waals surface area (Å²) in [4.78, 5) is 22.7. The third kappa shape index (κ3) is 2.00. The van der Waals surface area contributed by atoms with Crippen LogP contribution in [0.2, 0.25) is 0 Å². The lowest BCUT2D eigenvalue weighted by Crippen LogP contribution is -2.21. The normalized spacial score (nSPS) is 10.8. The van der Waals surface area contributed by atoms with E-state index in [0.717, 1.165) is 0 Å². The smallest absolute Gasteiger partial charge is 0.335 e. The number of rotatable bonds is 3. The van der Waals surface area contributed by atoms with Gasteiger partial charge in [0.05, 0.1) is 17.7 Å². The monoisotopic (exact) mass is 247 g/mol. The van der Waals surface area contributed by atoms with E-state index in [0.29, 0.717) is 16.5 Å². The van der Waals surface area contributed by atoms with Crippen molar-refractivity contribution in [3.63, 3.8) is 0 Å². The van der Waals surface area contributed by atoms with Gasteiger partial charge in [-0.1, -0.05) is 0 Å². The highest BCUT2D eigenvalue weighted by Gasteiger charge is 2.10. The van der Waals surface area contributed by atoms with E-state index in [1.807, 2.05) is 0 Å². The molecule has 0 saturated carbocycles. The summed E-state index contributed by atoms with van der Waals surface area (Å²) < 4.78 is 1.45. The first-order valence-corrected chi connectivity index (χ1v) is 5.53. The molecular weight excluding hydrogens is 234 g/mol. The summed E-state index contributed by atoms with van der Waals surface area (Å²) in [6.45, 7) is 1.81. The topological polar surface area (TPSA) is 79.5 Å². The van der Waals surface area contributed by atoms with Gasteiger partial charge in [-0.3, -0.25) is 4.79 Å². The Labute approximate surface area is 103 Å². The predicted octanol–water partition coefficient (Wildman–Crippen LogP) is 1.00. The zero-order valence-electron chi connectivity index (χ0n) is 9.88. The number of pyridine rings is 1. The number of hydrogen-bond donors (Lipinski definition) is 2. The van der Waals surface area contributed by atoms with Crippen molar-refractivity contribution in [3.8, 4) is 0 Å². The molecule has 0 radical (unpaired) electrons. The van der Waals surface area contributed by atoms with E-state index in [2.05, 4.69) is 0 Å². The molecule has 1 aromatic heterocycles. The van der Waals surface area contributed by atoms with Crippen LogP contribution in [-0.2, 0) is 6.54 Å². The van der Waals surface area contributed by atoms with Gasteiger partial charge < -0.3 is 14.8 Å². The average Bonchev–Trinajstić information content (AvgIpc) is 2.32. The van der Waals surface area contributed by atoms with Gasteiger partial charge in [0.2, 0.25) is 0 Å².